The highest BCUT2D eigenvalue weighted by Crippen LogP contribution is 2.37. The third-order valence-electron chi connectivity index (χ3n) is 3.25. The number of hydrogen-bond donors (Lipinski definition) is 0. The van der Waals surface area contributed by atoms with Gasteiger partial charge in [-0.05, 0) is 45.7 Å². The van der Waals surface area contributed by atoms with Crippen molar-refractivity contribution in [2.24, 2.45) is 5.92 Å². The van der Waals surface area contributed by atoms with Gasteiger partial charge in [0.05, 0.1) is 0 Å². The predicted octanol–water partition coefficient (Wildman–Crippen LogP) is 4.10. The van der Waals surface area contributed by atoms with Crippen LogP contribution in [0.3, 0.4) is 0 Å². The lowest BCUT2D eigenvalue weighted by Gasteiger charge is -2.40. The maximum Gasteiger partial charge on any atom is 0.338 e. The van der Waals surface area contributed by atoms with Gasteiger partial charge in [0, 0.05) is 12.2 Å². The van der Waals surface area contributed by atoms with Gasteiger partial charge in [-0.2, -0.15) is 0 Å². The number of hydrogen-bond acceptors (Lipinski definition) is 2. The van der Waals surface area contributed by atoms with Crippen LogP contribution in [0.2, 0.25) is 12.1 Å². The van der Waals surface area contributed by atoms with E-state index in [1.165, 1.54) is 31.4 Å². The second-order valence-corrected chi connectivity index (χ2v) is 8.82. The first-order valence-electron chi connectivity index (χ1n) is 6.83. The molecular weight excluding hydrogens is 216 g/mol. The molecule has 1 unspecified atom stereocenters. The molecule has 0 radical (unpaired) electrons. The van der Waals surface area contributed by atoms with Crippen molar-refractivity contribution in [1.29, 1.82) is 0 Å². The van der Waals surface area contributed by atoms with Crippen molar-refractivity contribution in [2.45, 2.75) is 78.2 Å². The Morgan fingerprint density at radius 3 is 2.12 bits per heavy atom. The van der Waals surface area contributed by atoms with Crippen molar-refractivity contribution >= 4 is 8.56 Å². The Bertz CT molecular complexity index is 194. The summed E-state index contributed by atoms with van der Waals surface area (Å²) < 4.78 is 12.5. The third kappa shape index (κ3) is 4.19. The Morgan fingerprint density at radius 2 is 1.69 bits per heavy atom. The summed E-state index contributed by atoms with van der Waals surface area (Å²) in [7, 11) is -1.89. The summed E-state index contributed by atoms with van der Waals surface area (Å²) in [5.41, 5.74) is 0. The minimum atomic E-state index is -1.89. The van der Waals surface area contributed by atoms with Crippen LogP contribution in [0.5, 0.6) is 0 Å². The lowest BCUT2D eigenvalue weighted by Crippen LogP contribution is -2.49. The smallest absolute Gasteiger partial charge is 0.338 e. The van der Waals surface area contributed by atoms with Gasteiger partial charge < -0.3 is 8.85 Å². The van der Waals surface area contributed by atoms with Gasteiger partial charge in [-0.25, -0.2) is 0 Å². The largest absolute Gasteiger partial charge is 0.392 e. The van der Waals surface area contributed by atoms with Gasteiger partial charge in [0.25, 0.3) is 0 Å². The monoisotopic (exact) mass is 244 g/mol. The van der Waals surface area contributed by atoms with Crippen LogP contribution >= 0.6 is 0 Å². The highest BCUT2D eigenvalue weighted by Gasteiger charge is 2.43. The molecule has 0 amide bonds. The summed E-state index contributed by atoms with van der Waals surface area (Å²) in [6.07, 6.45) is 4.55. The van der Waals surface area contributed by atoms with E-state index in [1.54, 1.807) is 0 Å². The van der Waals surface area contributed by atoms with Crippen LogP contribution in [0.4, 0.5) is 0 Å². The van der Waals surface area contributed by atoms with Gasteiger partial charge in [0.15, 0.2) is 0 Å². The van der Waals surface area contributed by atoms with Crippen LogP contribution in [0.25, 0.3) is 0 Å². The SMILES string of the molecule is CCC1CCC[Si](OC(C)C)(OC(C)C)C1. The van der Waals surface area contributed by atoms with Crippen molar-refractivity contribution in [2.75, 3.05) is 0 Å². The van der Waals surface area contributed by atoms with E-state index in [9.17, 15) is 0 Å². The first-order valence-corrected chi connectivity index (χ1v) is 9.06. The van der Waals surface area contributed by atoms with Crippen LogP contribution in [0.15, 0.2) is 0 Å². The summed E-state index contributed by atoms with van der Waals surface area (Å²) in [6, 6.07) is 2.40. The van der Waals surface area contributed by atoms with E-state index in [2.05, 4.69) is 34.6 Å². The molecule has 16 heavy (non-hydrogen) atoms. The topological polar surface area (TPSA) is 18.5 Å². The normalized spacial score (nSPS) is 25.3. The van der Waals surface area contributed by atoms with Gasteiger partial charge in [0.2, 0.25) is 0 Å². The zero-order valence-electron chi connectivity index (χ0n) is 11.6. The average molecular weight is 244 g/mol. The summed E-state index contributed by atoms with van der Waals surface area (Å²) in [5, 5.41) is 0. The zero-order chi connectivity index (χ0) is 12.2. The predicted molar refractivity (Wildman–Crippen MR) is 70.8 cm³/mol. The summed E-state index contributed by atoms with van der Waals surface area (Å²) in [6.45, 7) is 10.8. The van der Waals surface area contributed by atoms with Gasteiger partial charge in [-0.1, -0.05) is 26.2 Å². The summed E-state index contributed by atoms with van der Waals surface area (Å²) in [5.74, 6) is 0.831. The maximum atomic E-state index is 6.24. The molecule has 0 aliphatic carbocycles. The van der Waals surface area contributed by atoms with Crippen LogP contribution in [0.1, 0.15) is 53.9 Å². The number of rotatable bonds is 5. The molecule has 1 heterocycles. The molecule has 0 aromatic rings. The third-order valence-corrected chi connectivity index (χ3v) is 7.36. The Hall–Kier alpha value is 0.137. The minimum Gasteiger partial charge on any atom is -0.392 e. The van der Waals surface area contributed by atoms with Gasteiger partial charge in [0.1, 0.15) is 0 Å². The minimum absolute atomic E-state index is 0.307. The molecule has 1 rings (SSSR count). The van der Waals surface area contributed by atoms with Gasteiger partial charge in [-0.15, -0.1) is 0 Å². The van der Waals surface area contributed by atoms with Crippen molar-refractivity contribution < 1.29 is 8.85 Å². The lowest BCUT2D eigenvalue weighted by atomic mass is 10.0. The second-order valence-electron chi connectivity index (χ2n) is 5.61. The molecule has 0 spiro atoms. The van der Waals surface area contributed by atoms with Crippen molar-refractivity contribution in [3.63, 3.8) is 0 Å². The van der Waals surface area contributed by atoms with E-state index in [4.69, 9.17) is 8.85 Å². The first-order chi connectivity index (χ1) is 7.47. The highest BCUT2D eigenvalue weighted by molar-refractivity contribution is 6.67. The Balaban J connectivity index is 2.68. The van der Waals surface area contributed by atoms with E-state index < -0.39 is 8.56 Å². The molecule has 1 saturated heterocycles. The Labute approximate surface area is 102 Å². The van der Waals surface area contributed by atoms with E-state index in [-0.39, 0.29) is 0 Å². The molecule has 0 saturated carbocycles. The molecule has 96 valence electrons. The standard InChI is InChI=1S/C13H28O2Si/c1-6-13-8-7-9-16(10-13,14-11(2)3)15-12(4)5/h11-13H,6-10H2,1-5H3. The van der Waals surface area contributed by atoms with Crippen LogP contribution in [-0.2, 0) is 8.85 Å². The van der Waals surface area contributed by atoms with Crippen LogP contribution < -0.4 is 0 Å². The summed E-state index contributed by atoms with van der Waals surface area (Å²) >= 11 is 0. The van der Waals surface area contributed by atoms with Gasteiger partial charge in [-0.3, -0.25) is 0 Å². The van der Waals surface area contributed by atoms with Crippen LogP contribution in [-0.4, -0.2) is 20.8 Å². The molecule has 1 aliphatic heterocycles. The Morgan fingerprint density at radius 1 is 1.12 bits per heavy atom. The van der Waals surface area contributed by atoms with E-state index in [1.807, 2.05) is 0 Å². The average Bonchev–Trinajstić information content (AvgIpc) is 2.15. The lowest BCUT2D eigenvalue weighted by molar-refractivity contribution is 0.0942. The maximum absolute atomic E-state index is 6.24. The van der Waals surface area contributed by atoms with E-state index >= 15 is 0 Å². The highest BCUT2D eigenvalue weighted by atomic mass is 28.4. The molecule has 0 aromatic heterocycles. The Kier molecular flexibility index (Phi) is 5.48. The van der Waals surface area contributed by atoms with E-state index in [0.717, 1.165) is 5.92 Å². The van der Waals surface area contributed by atoms with Crippen molar-refractivity contribution in [3.05, 3.63) is 0 Å². The van der Waals surface area contributed by atoms with Gasteiger partial charge >= 0.3 is 8.56 Å². The molecule has 1 atom stereocenters. The molecule has 0 N–H and O–H groups in total. The summed E-state index contributed by atoms with van der Waals surface area (Å²) in [4.78, 5) is 0. The molecule has 1 aliphatic rings. The first kappa shape index (κ1) is 14.2. The van der Waals surface area contributed by atoms with E-state index in [0.29, 0.717) is 12.2 Å². The quantitative estimate of drug-likeness (QED) is 0.678. The fraction of sp³-hybridized carbons (Fsp3) is 1.00. The molecular formula is C13H28O2Si. The van der Waals surface area contributed by atoms with Crippen LogP contribution in [0, 0.1) is 5.92 Å². The molecule has 2 nitrogen and oxygen atoms in total. The van der Waals surface area contributed by atoms with Crippen molar-refractivity contribution in [1.82, 2.24) is 0 Å². The molecule has 3 heteroatoms. The molecule has 0 bridgehead atoms. The fourth-order valence-electron chi connectivity index (χ4n) is 2.75. The fourth-order valence-corrected chi connectivity index (χ4v) is 7.27. The molecule has 0 aromatic carbocycles. The van der Waals surface area contributed by atoms with Crippen molar-refractivity contribution in [3.8, 4) is 0 Å². The zero-order valence-corrected chi connectivity index (χ0v) is 12.6. The second kappa shape index (κ2) is 6.17. The molecule has 1 fully saturated rings.